The first-order valence-electron chi connectivity index (χ1n) is 12.9. The maximum atomic E-state index is 14.5. The maximum Gasteiger partial charge on any atom is 0.254 e. The molecule has 8 nitrogen and oxygen atoms in total. The van der Waals surface area contributed by atoms with Gasteiger partial charge in [0.25, 0.3) is 11.8 Å². The first-order chi connectivity index (χ1) is 19.2. The number of hydrogen-bond acceptors (Lipinski definition) is 5. The van der Waals surface area contributed by atoms with E-state index in [1.807, 2.05) is 30.3 Å². The zero-order chi connectivity index (χ0) is 28.8. The minimum absolute atomic E-state index is 0.0636. The van der Waals surface area contributed by atoms with Crippen molar-refractivity contribution in [1.29, 1.82) is 0 Å². The lowest BCUT2D eigenvalue weighted by Gasteiger charge is -2.30. The van der Waals surface area contributed by atoms with Gasteiger partial charge in [-0.15, -0.1) is 0 Å². The molecule has 1 saturated heterocycles. The summed E-state index contributed by atoms with van der Waals surface area (Å²) in [5.74, 6) is -2.04. The molecule has 1 aliphatic rings. The summed E-state index contributed by atoms with van der Waals surface area (Å²) in [6.07, 6.45) is -3.29. The van der Waals surface area contributed by atoms with Gasteiger partial charge in [0, 0.05) is 28.6 Å². The molecule has 0 radical (unpaired) electrons. The number of amides is 3. The molecule has 1 fully saturated rings. The third-order valence-electron chi connectivity index (χ3n) is 7.05. The molecule has 3 aromatic rings. The molecule has 1 aliphatic heterocycles. The van der Waals surface area contributed by atoms with Crippen molar-refractivity contribution in [2.24, 2.45) is 0 Å². The Morgan fingerprint density at radius 1 is 1.05 bits per heavy atom. The fourth-order valence-electron chi connectivity index (χ4n) is 4.79. The van der Waals surface area contributed by atoms with Crippen molar-refractivity contribution in [3.63, 3.8) is 0 Å². The van der Waals surface area contributed by atoms with E-state index in [4.69, 9.17) is 0 Å². The van der Waals surface area contributed by atoms with Crippen molar-refractivity contribution in [3.05, 3.63) is 99.5 Å². The normalized spacial score (nSPS) is 18.1. The molecule has 4 atom stereocenters. The molecule has 10 heteroatoms. The smallest absolute Gasteiger partial charge is 0.254 e. The molecular weight excluding hydrogens is 581 g/mol. The second kappa shape index (κ2) is 13.1. The Hall–Kier alpha value is -3.76. The number of aromatic hydroxyl groups is 1. The summed E-state index contributed by atoms with van der Waals surface area (Å²) in [5.41, 5.74) is 2.10. The van der Waals surface area contributed by atoms with Crippen LogP contribution < -0.4 is 10.6 Å². The van der Waals surface area contributed by atoms with Gasteiger partial charge in [-0.05, 0) is 42.7 Å². The summed E-state index contributed by atoms with van der Waals surface area (Å²) in [6, 6.07) is 18.6. The fraction of sp³-hybridized carbons (Fsp3) is 0.300. The summed E-state index contributed by atoms with van der Waals surface area (Å²) in [4.78, 5) is 40.8. The number of aliphatic hydroxyl groups is 1. The number of halogens is 2. The van der Waals surface area contributed by atoms with Gasteiger partial charge in [-0.25, -0.2) is 4.39 Å². The van der Waals surface area contributed by atoms with Gasteiger partial charge in [0.15, 0.2) is 6.10 Å². The number of nitrogens with zero attached hydrogens (tertiary/aromatic N) is 1. The molecule has 0 saturated carbocycles. The highest BCUT2D eigenvalue weighted by Crippen LogP contribution is 2.24. The summed E-state index contributed by atoms with van der Waals surface area (Å²) < 4.78 is 15.3. The predicted molar refractivity (Wildman–Crippen MR) is 151 cm³/mol. The van der Waals surface area contributed by atoms with Gasteiger partial charge in [0.05, 0.1) is 12.6 Å². The van der Waals surface area contributed by atoms with E-state index in [0.717, 1.165) is 20.5 Å². The van der Waals surface area contributed by atoms with E-state index >= 15 is 0 Å². The van der Waals surface area contributed by atoms with Crippen LogP contribution in [0.1, 0.15) is 33.5 Å². The number of alkyl halides is 1. The quantitative estimate of drug-likeness (QED) is 0.296. The second-order valence-electron chi connectivity index (χ2n) is 9.81. The number of phenolic OH excluding ortho intramolecular Hbond substituents is 1. The monoisotopic (exact) mass is 611 g/mol. The molecule has 0 aromatic heterocycles. The Bertz CT molecular complexity index is 1370. The van der Waals surface area contributed by atoms with Crippen LogP contribution in [0.4, 0.5) is 4.39 Å². The lowest BCUT2D eigenvalue weighted by molar-refractivity contribution is -0.146. The molecule has 4 rings (SSSR count). The van der Waals surface area contributed by atoms with Gasteiger partial charge >= 0.3 is 0 Å². The molecule has 0 bridgehead atoms. The molecule has 3 amide bonds. The van der Waals surface area contributed by atoms with Gasteiger partial charge < -0.3 is 25.7 Å². The van der Waals surface area contributed by atoms with Gasteiger partial charge in [0.1, 0.15) is 18.0 Å². The van der Waals surface area contributed by atoms with Crippen molar-refractivity contribution < 1.29 is 29.0 Å². The van der Waals surface area contributed by atoms with Gasteiger partial charge in [-0.3, -0.25) is 14.4 Å². The number of carbonyl (C=O) groups excluding carboxylic acids is 3. The van der Waals surface area contributed by atoms with Crippen molar-refractivity contribution in [2.45, 2.75) is 50.7 Å². The average molecular weight is 612 g/mol. The molecule has 4 unspecified atom stereocenters. The number of nitrogens with one attached hydrogen (secondary N) is 2. The highest BCUT2D eigenvalue weighted by Gasteiger charge is 2.43. The van der Waals surface area contributed by atoms with Crippen LogP contribution in [0.15, 0.2) is 77.3 Å². The molecule has 1 heterocycles. The molecule has 4 N–H and O–H groups in total. The number of aliphatic hydroxyl groups excluding tert-OH is 1. The summed E-state index contributed by atoms with van der Waals surface area (Å²) in [5, 5.41) is 26.7. The van der Waals surface area contributed by atoms with Crippen molar-refractivity contribution in [3.8, 4) is 5.75 Å². The van der Waals surface area contributed by atoms with E-state index in [1.165, 1.54) is 18.2 Å². The molecule has 40 heavy (non-hydrogen) atoms. The van der Waals surface area contributed by atoms with Gasteiger partial charge in [-0.1, -0.05) is 70.5 Å². The van der Waals surface area contributed by atoms with E-state index in [-0.39, 0.29) is 37.2 Å². The number of hydrogen-bond donors (Lipinski definition) is 4. The lowest BCUT2D eigenvalue weighted by atomic mass is 9.98. The number of likely N-dealkylation sites (tertiary alicyclic amines) is 1. The Morgan fingerprint density at radius 2 is 1.75 bits per heavy atom. The van der Waals surface area contributed by atoms with Crippen LogP contribution in [0.25, 0.3) is 0 Å². The van der Waals surface area contributed by atoms with Crippen LogP contribution in [0.5, 0.6) is 5.75 Å². The molecule has 3 aromatic carbocycles. The molecular formula is C30H31BrFN3O5. The summed E-state index contributed by atoms with van der Waals surface area (Å²) in [6.45, 7) is 1.41. The summed E-state index contributed by atoms with van der Waals surface area (Å²) in [7, 11) is 0. The number of carbonyl (C=O) groups is 3. The van der Waals surface area contributed by atoms with E-state index in [0.29, 0.717) is 5.56 Å². The SMILES string of the molecule is Cc1c(O)cccc1C(=O)NC(Cc1ccccc1)C(O)C(=O)N1CC(F)CC1C(=O)NCc1ccccc1Br. The zero-order valence-corrected chi connectivity index (χ0v) is 23.5. The van der Waals surface area contributed by atoms with Crippen LogP contribution >= 0.6 is 15.9 Å². The second-order valence-corrected chi connectivity index (χ2v) is 10.7. The highest BCUT2D eigenvalue weighted by atomic mass is 79.9. The minimum Gasteiger partial charge on any atom is -0.508 e. The third kappa shape index (κ3) is 6.86. The zero-order valence-electron chi connectivity index (χ0n) is 21.9. The molecule has 0 aliphatic carbocycles. The highest BCUT2D eigenvalue weighted by molar-refractivity contribution is 9.10. The van der Waals surface area contributed by atoms with Gasteiger partial charge in [-0.2, -0.15) is 0 Å². The largest absolute Gasteiger partial charge is 0.508 e. The third-order valence-corrected chi connectivity index (χ3v) is 7.82. The minimum atomic E-state index is -1.76. The van der Waals surface area contributed by atoms with Crippen LogP contribution in [0, 0.1) is 6.92 Å². The number of rotatable bonds is 9. The Labute approximate surface area is 240 Å². The van der Waals surface area contributed by atoms with Crippen molar-refractivity contribution >= 4 is 33.7 Å². The Balaban J connectivity index is 1.52. The number of benzene rings is 3. The van der Waals surface area contributed by atoms with E-state index in [9.17, 15) is 29.0 Å². The van der Waals surface area contributed by atoms with Crippen LogP contribution in [0.3, 0.4) is 0 Å². The summed E-state index contributed by atoms with van der Waals surface area (Å²) >= 11 is 3.42. The number of phenols is 1. The van der Waals surface area contributed by atoms with E-state index in [2.05, 4.69) is 26.6 Å². The fourth-order valence-corrected chi connectivity index (χ4v) is 5.21. The Kier molecular flexibility index (Phi) is 9.54. The average Bonchev–Trinajstić information content (AvgIpc) is 3.35. The molecule has 210 valence electrons. The maximum absolute atomic E-state index is 14.5. The van der Waals surface area contributed by atoms with Crippen LogP contribution in [-0.2, 0) is 22.6 Å². The molecule has 0 spiro atoms. The van der Waals surface area contributed by atoms with Crippen molar-refractivity contribution in [2.75, 3.05) is 6.54 Å². The van der Waals surface area contributed by atoms with E-state index < -0.39 is 42.1 Å². The Morgan fingerprint density at radius 3 is 2.48 bits per heavy atom. The first kappa shape index (κ1) is 29.2. The van der Waals surface area contributed by atoms with Crippen LogP contribution in [0.2, 0.25) is 0 Å². The lowest BCUT2D eigenvalue weighted by Crippen LogP contribution is -2.55. The predicted octanol–water partition coefficient (Wildman–Crippen LogP) is 3.42. The van der Waals surface area contributed by atoms with E-state index in [1.54, 1.807) is 31.2 Å². The topological polar surface area (TPSA) is 119 Å². The van der Waals surface area contributed by atoms with Crippen LogP contribution in [-0.4, -0.2) is 63.7 Å². The van der Waals surface area contributed by atoms with Crippen molar-refractivity contribution in [1.82, 2.24) is 15.5 Å². The first-order valence-corrected chi connectivity index (χ1v) is 13.7. The standard InChI is InChI=1S/C30H31BrFN3O5/c1-18-22(11-7-13-26(18)36)28(38)34-24(14-19-8-3-2-4-9-19)27(37)30(40)35-17-21(32)15-25(35)29(39)33-16-20-10-5-6-12-23(20)31/h2-13,21,24-25,27,36-37H,14-17H2,1H3,(H,33,39)(H,34,38). The van der Waals surface area contributed by atoms with Gasteiger partial charge in [0.2, 0.25) is 5.91 Å².